The molecule has 3 rings (SSSR count). The number of ether oxygens (including phenoxy) is 1. The minimum atomic E-state index is -4.88. The third-order valence-electron chi connectivity index (χ3n) is 4.11. The standard InChI is InChI=1S/C20H17ClF3N3O2/c1-12-7-9-14(10-8-12)11-27-18(21)17(13(2)26-27)19(28)25-15-5-3-4-6-16(15)29-20(22,23)24/h3-10H,11H2,1-2H3,(H,25,28). The first kappa shape index (κ1) is 20.7. The van der Waals surface area contributed by atoms with Crippen molar-refractivity contribution >= 4 is 23.2 Å². The SMILES string of the molecule is Cc1ccc(Cn2nc(C)c(C(=O)Nc3ccccc3OC(F)(F)F)c2Cl)cc1. The molecule has 0 bridgehead atoms. The van der Waals surface area contributed by atoms with Crippen LogP contribution in [0, 0.1) is 13.8 Å². The lowest BCUT2D eigenvalue weighted by Crippen LogP contribution is -2.20. The summed E-state index contributed by atoms with van der Waals surface area (Å²) in [6.45, 7) is 3.92. The Kier molecular flexibility index (Phi) is 5.83. The van der Waals surface area contributed by atoms with Crippen LogP contribution in [0.3, 0.4) is 0 Å². The molecule has 0 unspecified atom stereocenters. The van der Waals surface area contributed by atoms with Crippen molar-refractivity contribution in [2.45, 2.75) is 26.8 Å². The molecule has 29 heavy (non-hydrogen) atoms. The zero-order valence-corrected chi connectivity index (χ0v) is 16.3. The maximum absolute atomic E-state index is 12.7. The van der Waals surface area contributed by atoms with Crippen LogP contribution in [0.5, 0.6) is 5.75 Å². The van der Waals surface area contributed by atoms with Gasteiger partial charge in [-0.1, -0.05) is 53.6 Å². The van der Waals surface area contributed by atoms with E-state index in [0.717, 1.165) is 17.2 Å². The quantitative estimate of drug-likeness (QED) is 0.601. The van der Waals surface area contributed by atoms with E-state index in [2.05, 4.69) is 15.2 Å². The van der Waals surface area contributed by atoms with Gasteiger partial charge in [-0.3, -0.25) is 4.79 Å². The van der Waals surface area contributed by atoms with E-state index >= 15 is 0 Å². The highest BCUT2D eigenvalue weighted by Gasteiger charge is 2.32. The number of nitrogens with zero attached hydrogens (tertiary/aromatic N) is 2. The number of para-hydroxylation sites is 2. The molecule has 152 valence electrons. The van der Waals surface area contributed by atoms with Crippen LogP contribution < -0.4 is 10.1 Å². The number of benzene rings is 2. The van der Waals surface area contributed by atoms with E-state index in [1.54, 1.807) is 6.92 Å². The molecule has 0 saturated carbocycles. The predicted molar refractivity (Wildman–Crippen MR) is 103 cm³/mol. The summed E-state index contributed by atoms with van der Waals surface area (Å²) >= 11 is 6.35. The van der Waals surface area contributed by atoms with Crippen molar-refractivity contribution in [1.82, 2.24) is 9.78 Å². The summed E-state index contributed by atoms with van der Waals surface area (Å²) in [7, 11) is 0. The molecule has 0 fully saturated rings. The summed E-state index contributed by atoms with van der Waals surface area (Å²) in [5, 5.41) is 6.79. The summed E-state index contributed by atoms with van der Waals surface area (Å²) in [6, 6.07) is 13.0. The third kappa shape index (κ3) is 5.08. The van der Waals surface area contributed by atoms with E-state index in [4.69, 9.17) is 11.6 Å². The Morgan fingerprint density at radius 2 is 1.79 bits per heavy atom. The normalized spacial score (nSPS) is 11.4. The van der Waals surface area contributed by atoms with Gasteiger partial charge in [0.25, 0.3) is 5.91 Å². The third-order valence-corrected chi connectivity index (χ3v) is 4.49. The lowest BCUT2D eigenvalue weighted by molar-refractivity contribution is -0.274. The maximum atomic E-state index is 12.7. The summed E-state index contributed by atoms with van der Waals surface area (Å²) < 4.78 is 43.1. The highest BCUT2D eigenvalue weighted by molar-refractivity contribution is 6.33. The minimum Gasteiger partial charge on any atom is -0.404 e. The summed E-state index contributed by atoms with van der Waals surface area (Å²) in [6.07, 6.45) is -4.88. The molecule has 0 aliphatic carbocycles. The highest BCUT2D eigenvalue weighted by Crippen LogP contribution is 2.31. The van der Waals surface area contributed by atoms with Gasteiger partial charge in [0.2, 0.25) is 0 Å². The van der Waals surface area contributed by atoms with Crippen LogP contribution >= 0.6 is 11.6 Å². The lowest BCUT2D eigenvalue weighted by Gasteiger charge is -2.13. The predicted octanol–water partition coefficient (Wildman–Crippen LogP) is 5.35. The van der Waals surface area contributed by atoms with Crippen LogP contribution in [0.15, 0.2) is 48.5 Å². The van der Waals surface area contributed by atoms with Crippen molar-refractivity contribution < 1.29 is 22.7 Å². The van der Waals surface area contributed by atoms with Gasteiger partial charge in [-0.2, -0.15) is 5.10 Å². The number of hydrogen-bond donors (Lipinski definition) is 1. The Morgan fingerprint density at radius 1 is 1.14 bits per heavy atom. The first-order valence-corrected chi connectivity index (χ1v) is 8.96. The van der Waals surface area contributed by atoms with Gasteiger partial charge < -0.3 is 10.1 Å². The molecule has 1 heterocycles. The fraction of sp³-hybridized carbons (Fsp3) is 0.200. The largest absolute Gasteiger partial charge is 0.573 e. The van der Waals surface area contributed by atoms with E-state index in [1.165, 1.54) is 22.9 Å². The zero-order valence-electron chi connectivity index (χ0n) is 15.5. The molecule has 1 aromatic heterocycles. The van der Waals surface area contributed by atoms with Crippen LogP contribution in [0.2, 0.25) is 5.15 Å². The van der Waals surface area contributed by atoms with Crippen LogP contribution in [0.25, 0.3) is 0 Å². The summed E-state index contributed by atoms with van der Waals surface area (Å²) in [5.74, 6) is -1.20. The van der Waals surface area contributed by atoms with Crippen molar-refractivity contribution in [2.75, 3.05) is 5.32 Å². The fourth-order valence-electron chi connectivity index (χ4n) is 2.75. The van der Waals surface area contributed by atoms with Crippen molar-refractivity contribution in [3.8, 4) is 5.75 Å². The Labute approximate surface area is 170 Å². The van der Waals surface area contributed by atoms with Gasteiger partial charge in [-0.15, -0.1) is 13.2 Å². The minimum absolute atomic E-state index is 0.0839. The van der Waals surface area contributed by atoms with Crippen molar-refractivity contribution in [2.24, 2.45) is 0 Å². The Hall–Kier alpha value is -3.00. The summed E-state index contributed by atoms with van der Waals surface area (Å²) in [4.78, 5) is 12.7. The van der Waals surface area contributed by atoms with Crippen LogP contribution in [-0.4, -0.2) is 22.1 Å². The lowest BCUT2D eigenvalue weighted by atomic mass is 10.1. The first-order chi connectivity index (χ1) is 13.6. The smallest absolute Gasteiger partial charge is 0.404 e. The number of rotatable bonds is 5. The molecule has 0 saturated heterocycles. The number of anilines is 1. The monoisotopic (exact) mass is 423 g/mol. The van der Waals surface area contributed by atoms with Crippen molar-refractivity contribution in [3.63, 3.8) is 0 Å². The number of hydrogen-bond acceptors (Lipinski definition) is 3. The topological polar surface area (TPSA) is 56.2 Å². The average molecular weight is 424 g/mol. The summed E-state index contributed by atoms with van der Waals surface area (Å²) in [5.41, 5.74) is 2.36. The number of nitrogens with one attached hydrogen (secondary N) is 1. The molecule has 1 amide bonds. The first-order valence-electron chi connectivity index (χ1n) is 8.58. The second-order valence-corrected chi connectivity index (χ2v) is 6.75. The van der Waals surface area contributed by atoms with Crippen LogP contribution in [0.1, 0.15) is 27.2 Å². The molecule has 0 aliphatic heterocycles. The van der Waals surface area contributed by atoms with Crippen molar-refractivity contribution in [3.05, 3.63) is 76.1 Å². The molecule has 2 aromatic carbocycles. The second kappa shape index (κ2) is 8.16. The Morgan fingerprint density at radius 3 is 2.45 bits per heavy atom. The number of aromatic nitrogens is 2. The number of carbonyl (C=O) groups excluding carboxylic acids is 1. The molecule has 9 heteroatoms. The molecule has 0 spiro atoms. The van der Waals surface area contributed by atoms with Crippen LogP contribution in [-0.2, 0) is 6.54 Å². The van der Waals surface area contributed by atoms with E-state index in [-0.39, 0.29) is 16.4 Å². The molecule has 0 aliphatic rings. The average Bonchev–Trinajstić information content (AvgIpc) is 2.91. The van der Waals surface area contributed by atoms with E-state index < -0.39 is 18.0 Å². The van der Waals surface area contributed by atoms with E-state index in [1.807, 2.05) is 31.2 Å². The number of aryl methyl sites for hydroxylation is 2. The highest BCUT2D eigenvalue weighted by atomic mass is 35.5. The second-order valence-electron chi connectivity index (χ2n) is 6.39. The molecule has 0 atom stereocenters. The van der Waals surface area contributed by atoms with Crippen molar-refractivity contribution in [1.29, 1.82) is 0 Å². The molecular weight excluding hydrogens is 407 g/mol. The maximum Gasteiger partial charge on any atom is 0.573 e. The molecular formula is C20H17ClF3N3O2. The Balaban J connectivity index is 1.84. The zero-order chi connectivity index (χ0) is 21.2. The van der Waals surface area contributed by atoms with Gasteiger partial charge in [0.15, 0.2) is 5.75 Å². The van der Waals surface area contributed by atoms with Gasteiger partial charge in [-0.05, 0) is 31.5 Å². The number of carbonyl (C=O) groups is 1. The molecule has 5 nitrogen and oxygen atoms in total. The van der Waals surface area contributed by atoms with Gasteiger partial charge in [0.05, 0.1) is 23.5 Å². The Bertz CT molecular complexity index is 1030. The van der Waals surface area contributed by atoms with Crippen LogP contribution in [0.4, 0.5) is 18.9 Å². The van der Waals surface area contributed by atoms with E-state index in [0.29, 0.717) is 12.2 Å². The molecule has 0 radical (unpaired) electrons. The fourth-order valence-corrected chi connectivity index (χ4v) is 3.07. The number of alkyl halides is 3. The van der Waals surface area contributed by atoms with Gasteiger partial charge in [0.1, 0.15) is 5.15 Å². The molecule has 3 aromatic rings. The van der Waals surface area contributed by atoms with E-state index in [9.17, 15) is 18.0 Å². The van der Waals surface area contributed by atoms with Gasteiger partial charge in [0, 0.05) is 0 Å². The van der Waals surface area contributed by atoms with Gasteiger partial charge >= 0.3 is 6.36 Å². The molecule has 1 N–H and O–H groups in total. The number of amides is 1. The number of halogens is 4. The van der Waals surface area contributed by atoms with Gasteiger partial charge in [-0.25, -0.2) is 4.68 Å².